The van der Waals surface area contributed by atoms with Crippen LogP contribution >= 0.6 is 0 Å². The molecule has 1 N–H and O–H groups in total. The maximum Gasteiger partial charge on any atom is 0.419 e. The highest BCUT2D eigenvalue weighted by Crippen LogP contribution is 2.32. The first-order chi connectivity index (χ1) is 12.7. The summed E-state index contributed by atoms with van der Waals surface area (Å²) in [5, 5.41) is 9.14. The molecule has 0 aliphatic heterocycles. The lowest BCUT2D eigenvalue weighted by Crippen LogP contribution is -2.26. The van der Waals surface area contributed by atoms with Gasteiger partial charge in [0.15, 0.2) is 0 Å². The Bertz CT molecular complexity index is 951. The molecule has 3 rings (SSSR count). The van der Waals surface area contributed by atoms with E-state index in [2.05, 4.69) is 4.98 Å². The van der Waals surface area contributed by atoms with Crippen LogP contribution < -0.4 is 5.56 Å². The molecule has 1 aromatic carbocycles. The number of carboxylic acid groups (broad SMARTS) is 1. The molecule has 0 saturated carbocycles. The van der Waals surface area contributed by atoms with Gasteiger partial charge in [0.2, 0.25) is 0 Å². The predicted octanol–water partition coefficient (Wildman–Crippen LogP) is 2.76. The number of halogens is 4. The van der Waals surface area contributed by atoms with E-state index in [0.29, 0.717) is 24.1 Å². The van der Waals surface area contributed by atoms with E-state index in [4.69, 9.17) is 5.11 Å². The molecule has 1 heterocycles. The Labute approximate surface area is 151 Å². The number of nitrogens with zero attached hydrogens (tertiary/aromatic N) is 2. The van der Waals surface area contributed by atoms with Crippen molar-refractivity contribution in [2.45, 2.75) is 44.8 Å². The van der Waals surface area contributed by atoms with Crippen LogP contribution in [-0.2, 0) is 43.2 Å². The number of hydrogen-bond donors (Lipinski definition) is 1. The summed E-state index contributed by atoms with van der Waals surface area (Å²) in [5.41, 5.74) is -0.428. The number of carbonyl (C=O) groups is 1. The van der Waals surface area contributed by atoms with Gasteiger partial charge < -0.3 is 9.67 Å². The van der Waals surface area contributed by atoms with Crippen molar-refractivity contribution in [1.29, 1.82) is 0 Å². The zero-order chi connectivity index (χ0) is 19.8. The highest BCUT2D eigenvalue weighted by molar-refractivity contribution is 5.66. The van der Waals surface area contributed by atoms with E-state index < -0.39 is 29.1 Å². The van der Waals surface area contributed by atoms with Crippen molar-refractivity contribution < 1.29 is 27.5 Å². The van der Waals surface area contributed by atoms with Crippen molar-refractivity contribution in [1.82, 2.24) is 9.55 Å². The van der Waals surface area contributed by atoms with Gasteiger partial charge in [0.25, 0.3) is 5.56 Å². The van der Waals surface area contributed by atoms with Gasteiger partial charge in [-0.05, 0) is 43.4 Å². The second kappa shape index (κ2) is 7.13. The third-order valence-electron chi connectivity index (χ3n) is 4.58. The quantitative estimate of drug-likeness (QED) is 0.805. The molecule has 1 aliphatic carbocycles. The first-order valence-corrected chi connectivity index (χ1v) is 8.35. The number of aromatic nitrogens is 2. The Kier molecular flexibility index (Phi) is 5.03. The van der Waals surface area contributed by atoms with Crippen LogP contribution in [0.1, 0.15) is 34.6 Å². The van der Waals surface area contributed by atoms with E-state index in [0.717, 1.165) is 18.6 Å². The van der Waals surface area contributed by atoms with Crippen molar-refractivity contribution in [2.75, 3.05) is 0 Å². The second-order valence-electron chi connectivity index (χ2n) is 6.40. The molecule has 0 unspecified atom stereocenters. The van der Waals surface area contributed by atoms with Crippen molar-refractivity contribution in [3.05, 3.63) is 62.6 Å². The first kappa shape index (κ1) is 19.1. The normalized spacial score (nSPS) is 13.6. The smallest absolute Gasteiger partial charge is 0.419 e. The van der Waals surface area contributed by atoms with E-state index in [-0.39, 0.29) is 30.8 Å². The summed E-state index contributed by atoms with van der Waals surface area (Å²) in [7, 11) is 0. The molecule has 0 atom stereocenters. The van der Waals surface area contributed by atoms with E-state index >= 15 is 0 Å². The molecule has 0 saturated heterocycles. The van der Waals surface area contributed by atoms with Crippen LogP contribution in [0.5, 0.6) is 0 Å². The zero-order valence-electron chi connectivity index (χ0n) is 14.1. The van der Waals surface area contributed by atoms with Crippen LogP contribution in [0.15, 0.2) is 23.0 Å². The molecule has 144 valence electrons. The minimum atomic E-state index is -4.81. The van der Waals surface area contributed by atoms with Gasteiger partial charge in [-0.15, -0.1) is 0 Å². The minimum absolute atomic E-state index is 0.0637. The molecule has 0 fully saturated rings. The van der Waals surface area contributed by atoms with Crippen LogP contribution in [0.2, 0.25) is 0 Å². The Hall–Kier alpha value is -2.71. The summed E-state index contributed by atoms with van der Waals surface area (Å²) in [6.45, 7) is -0.373. The van der Waals surface area contributed by atoms with Gasteiger partial charge in [0, 0.05) is 17.7 Å². The number of carboxylic acids is 1. The van der Waals surface area contributed by atoms with Gasteiger partial charge in [-0.25, -0.2) is 4.39 Å². The lowest BCUT2D eigenvalue weighted by Gasteiger charge is -2.16. The predicted molar refractivity (Wildman–Crippen MR) is 87.0 cm³/mol. The standard InChI is InChI=1S/C18H16F4N2O3/c19-13-6-4-10(8-12(13)18(20,21)22)5-7-15-23-17(27)11-2-1-3-14(11)24(15)9-16(25)26/h4,6,8H,1-3,5,7,9H2,(H,25,26). The topological polar surface area (TPSA) is 72.2 Å². The number of aliphatic carboxylic acids is 1. The van der Waals surface area contributed by atoms with Crippen LogP contribution in [0.25, 0.3) is 0 Å². The zero-order valence-corrected chi connectivity index (χ0v) is 14.1. The molecule has 5 nitrogen and oxygen atoms in total. The van der Waals surface area contributed by atoms with E-state index in [1.165, 1.54) is 10.6 Å². The second-order valence-corrected chi connectivity index (χ2v) is 6.40. The molecule has 0 amide bonds. The molecule has 27 heavy (non-hydrogen) atoms. The fourth-order valence-electron chi connectivity index (χ4n) is 3.37. The Balaban J connectivity index is 1.92. The maximum atomic E-state index is 13.4. The summed E-state index contributed by atoms with van der Waals surface area (Å²) in [5.74, 6) is -2.25. The average Bonchev–Trinajstić information content (AvgIpc) is 3.06. The van der Waals surface area contributed by atoms with Gasteiger partial charge in [-0.1, -0.05) is 6.07 Å². The van der Waals surface area contributed by atoms with Crippen molar-refractivity contribution in [3.8, 4) is 0 Å². The number of hydrogen-bond acceptors (Lipinski definition) is 3. The van der Waals surface area contributed by atoms with Crippen LogP contribution in [-0.4, -0.2) is 20.6 Å². The number of aryl methyl sites for hydroxylation is 2. The van der Waals surface area contributed by atoms with Gasteiger partial charge in [-0.2, -0.15) is 18.2 Å². The van der Waals surface area contributed by atoms with Gasteiger partial charge in [0.05, 0.1) is 5.56 Å². The number of rotatable bonds is 5. The van der Waals surface area contributed by atoms with Gasteiger partial charge in [-0.3, -0.25) is 9.59 Å². The summed E-state index contributed by atoms with van der Waals surface area (Å²) >= 11 is 0. The Morgan fingerprint density at radius 3 is 2.63 bits per heavy atom. The molecular formula is C18H16F4N2O3. The largest absolute Gasteiger partial charge is 0.480 e. The number of fused-ring (bicyclic) bond motifs is 1. The molecule has 0 radical (unpaired) electrons. The van der Waals surface area contributed by atoms with E-state index in [1.807, 2.05) is 0 Å². The fourth-order valence-corrected chi connectivity index (χ4v) is 3.37. The van der Waals surface area contributed by atoms with Crippen LogP contribution in [0.3, 0.4) is 0 Å². The molecule has 2 aromatic rings. The summed E-state index contributed by atoms with van der Waals surface area (Å²) in [6.07, 6.45) is -2.86. The monoisotopic (exact) mass is 384 g/mol. The number of benzene rings is 1. The van der Waals surface area contributed by atoms with Crippen molar-refractivity contribution in [2.24, 2.45) is 0 Å². The van der Waals surface area contributed by atoms with Gasteiger partial charge in [0.1, 0.15) is 18.2 Å². The van der Waals surface area contributed by atoms with Crippen LogP contribution in [0.4, 0.5) is 17.6 Å². The highest BCUT2D eigenvalue weighted by atomic mass is 19.4. The molecule has 0 bridgehead atoms. The van der Waals surface area contributed by atoms with E-state index in [9.17, 15) is 27.2 Å². The van der Waals surface area contributed by atoms with E-state index in [1.54, 1.807) is 0 Å². The van der Waals surface area contributed by atoms with Crippen molar-refractivity contribution >= 4 is 5.97 Å². The highest BCUT2D eigenvalue weighted by Gasteiger charge is 2.34. The average molecular weight is 384 g/mol. The fraction of sp³-hybridized carbons (Fsp3) is 0.389. The Morgan fingerprint density at radius 2 is 1.96 bits per heavy atom. The minimum Gasteiger partial charge on any atom is -0.480 e. The third-order valence-corrected chi connectivity index (χ3v) is 4.58. The molecular weight excluding hydrogens is 368 g/mol. The molecule has 9 heteroatoms. The third kappa shape index (κ3) is 4.01. The summed E-state index contributed by atoms with van der Waals surface area (Å²) in [4.78, 5) is 27.3. The molecule has 1 aromatic heterocycles. The van der Waals surface area contributed by atoms with Gasteiger partial charge >= 0.3 is 12.1 Å². The Morgan fingerprint density at radius 1 is 1.22 bits per heavy atom. The van der Waals surface area contributed by atoms with Crippen molar-refractivity contribution in [3.63, 3.8) is 0 Å². The maximum absolute atomic E-state index is 13.4. The van der Waals surface area contributed by atoms with Crippen LogP contribution in [0, 0.1) is 5.82 Å². The lowest BCUT2D eigenvalue weighted by molar-refractivity contribution is -0.140. The number of alkyl halides is 3. The molecule has 0 spiro atoms. The SMILES string of the molecule is O=C(O)Cn1c(CCc2ccc(F)c(C(F)(F)F)c2)nc(=O)c2c1CCC2. The molecule has 1 aliphatic rings. The summed E-state index contributed by atoms with van der Waals surface area (Å²) < 4.78 is 53.4. The lowest BCUT2D eigenvalue weighted by atomic mass is 10.0. The first-order valence-electron chi connectivity index (χ1n) is 8.35. The summed E-state index contributed by atoms with van der Waals surface area (Å²) in [6, 6.07) is 2.71.